The first-order valence-corrected chi connectivity index (χ1v) is 9.18. The van der Waals surface area contributed by atoms with Gasteiger partial charge in [0.25, 0.3) is 5.22 Å². The number of nitrogens with zero attached hydrogens (tertiary/aromatic N) is 3. The molecule has 6 nitrogen and oxygen atoms in total. The number of amides is 1. The summed E-state index contributed by atoms with van der Waals surface area (Å²) in [5.41, 5.74) is 2.79. The Morgan fingerprint density at radius 1 is 1.33 bits per heavy atom. The SMILES string of the molecule is Cc1cccc(NC(=O)CSc2nnc(Cc3csc(C)n3)o2)c1. The van der Waals surface area contributed by atoms with Gasteiger partial charge in [-0.2, -0.15) is 0 Å². The number of thioether (sulfide) groups is 1. The Bertz CT molecular complexity index is 844. The van der Waals surface area contributed by atoms with Crippen LogP contribution in [0.5, 0.6) is 0 Å². The molecule has 0 atom stereocenters. The van der Waals surface area contributed by atoms with Gasteiger partial charge in [0, 0.05) is 11.1 Å². The van der Waals surface area contributed by atoms with Crippen LogP contribution in [0.2, 0.25) is 0 Å². The maximum atomic E-state index is 12.0. The van der Waals surface area contributed by atoms with E-state index in [1.807, 2.05) is 43.5 Å². The number of carbonyl (C=O) groups excluding carboxylic acids is 1. The quantitative estimate of drug-likeness (QED) is 0.678. The third kappa shape index (κ3) is 4.65. The van der Waals surface area contributed by atoms with Gasteiger partial charge in [0.05, 0.1) is 22.9 Å². The van der Waals surface area contributed by atoms with Crippen LogP contribution in [-0.2, 0) is 11.2 Å². The summed E-state index contributed by atoms with van der Waals surface area (Å²) in [5, 5.41) is 14.2. The Labute approximate surface area is 147 Å². The number of hydrogen-bond donors (Lipinski definition) is 1. The third-order valence-corrected chi connectivity index (χ3v) is 4.72. The van der Waals surface area contributed by atoms with Crippen molar-refractivity contribution in [3.8, 4) is 0 Å². The summed E-state index contributed by atoms with van der Waals surface area (Å²) in [6.45, 7) is 3.93. The molecule has 0 saturated heterocycles. The van der Waals surface area contributed by atoms with Crippen molar-refractivity contribution in [3.63, 3.8) is 0 Å². The zero-order chi connectivity index (χ0) is 16.9. The monoisotopic (exact) mass is 360 g/mol. The molecule has 2 aromatic heterocycles. The number of nitrogens with one attached hydrogen (secondary N) is 1. The number of carbonyl (C=O) groups is 1. The summed E-state index contributed by atoms with van der Waals surface area (Å²) in [6, 6.07) is 7.66. The molecule has 0 unspecified atom stereocenters. The first-order valence-electron chi connectivity index (χ1n) is 7.31. The molecule has 0 aliphatic heterocycles. The van der Waals surface area contributed by atoms with Gasteiger partial charge in [0.2, 0.25) is 11.8 Å². The Hall–Kier alpha value is -2.19. The van der Waals surface area contributed by atoms with Crippen LogP contribution in [0, 0.1) is 13.8 Å². The Morgan fingerprint density at radius 2 is 2.21 bits per heavy atom. The van der Waals surface area contributed by atoms with Crippen LogP contribution in [0.3, 0.4) is 0 Å². The van der Waals surface area contributed by atoms with Crippen molar-refractivity contribution in [2.24, 2.45) is 0 Å². The highest BCUT2D eigenvalue weighted by molar-refractivity contribution is 7.99. The number of rotatable bonds is 6. The van der Waals surface area contributed by atoms with Gasteiger partial charge >= 0.3 is 0 Å². The molecule has 0 saturated carbocycles. The second-order valence-electron chi connectivity index (χ2n) is 5.20. The lowest BCUT2D eigenvalue weighted by Crippen LogP contribution is -2.13. The van der Waals surface area contributed by atoms with Crippen molar-refractivity contribution >= 4 is 34.7 Å². The lowest BCUT2D eigenvalue weighted by atomic mass is 10.2. The van der Waals surface area contributed by atoms with Gasteiger partial charge in [-0.05, 0) is 31.5 Å². The van der Waals surface area contributed by atoms with Crippen molar-refractivity contribution in [2.75, 3.05) is 11.1 Å². The summed E-state index contributed by atoms with van der Waals surface area (Å²) < 4.78 is 5.54. The van der Waals surface area contributed by atoms with E-state index in [2.05, 4.69) is 20.5 Å². The summed E-state index contributed by atoms with van der Waals surface area (Å²) >= 11 is 2.81. The molecule has 0 spiro atoms. The topological polar surface area (TPSA) is 80.9 Å². The van der Waals surface area contributed by atoms with Gasteiger partial charge < -0.3 is 9.73 Å². The maximum absolute atomic E-state index is 12.0. The van der Waals surface area contributed by atoms with E-state index < -0.39 is 0 Å². The first kappa shape index (κ1) is 16.7. The molecule has 0 bridgehead atoms. The molecule has 0 aliphatic carbocycles. The van der Waals surface area contributed by atoms with Crippen LogP contribution in [0.25, 0.3) is 0 Å². The predicted octanol–water partition coefficient (Wildman–Crippen LogP) is 3.46. The molecule has 1 aromatic carbocycles. The molecule has 2 heterocycles. The van der Waals surface area contributed by atoms with E-state index in [1.165, 1.54) is 11.8 Å². The van der Waals surface area contributed by atoms with Crippen LogP contribution in [0.1, 0.15) is 22.2 Å². The highest BCUT2D eigenvalue weighted by Crippen LogP contribution is 2.19. The molecule has 0 radical (unpaired) electrons. The number of hydrogen-bond acceptors (Lipinski definition) is 7. The number of aromatic nitrogens is 3. The van der Waals surface area contributed by atoms with Crippen LogP contribution in [0.4, 0.5) is 5.69 Å². The molecule has 0 aliphatic rings. The molecular formula is C16H16N4O2S2. The molecule has 3 rings (SSSR count). The average molecular weight is 360 g/mol. The smallest absolute Gasteiger partial charge is 0.277 e. The van der Waals surface area contributed by atoms with Gasteiger partial charge in [-0.15, -0.1) is 21.5 Å². The van der Waals surface area contributed by atoms with Crippen LogP contribution >= 0.6 is 23.1 Å². The Balaban J connectivity index is 1.50. The van der Waals surface area contributed by atoms with E-state index in [1.54, 1.807) is 11.3 Å². The highest BCUT2D eigenvalue weighted by Gasteiger charge is 2.11. The fourth-order valence-corrected chi connectivity index (χ4v) is 3.25. The van der Waals surface area contributed by atoms with Gasteiger partial charge in [-0.25, -0.2) is 4.98 Å². The lowest BCUT2D eigenvalue weighted by Gasteiger charge is -2.04. The second-order valence-corrected chi connectivity index (χ2v) is 7.19. The molecular weight excluding hydrogens is 344 g/mol. The van der Waals surface area contributed by atoms with Crippen molar-refractivity contribution in [1.82, 2.24) is 15.2 Å². The minimum absolute atomic E-state index is 0.111. The zero-order valence-electron chi connectivity index (χ0n) is 13.3. The minimum atomic E-state index is -0.111. The fraction of sp³-hybridized carbons (Fsp3) is 0.250. The average Bonchev–Trinajstić information content (AvgIpc) is 3.15. The van der Waals surface area contributed by atoms with Crippen molar-refractivity contribution < 1.29 is 9.21 Å². The standard InChI is InChI=1S/C16H16N4O2S2/c1-10-4-3-5-12(6-10)18-14(21)9-24-16-20-19-15(22-16)7-13-8-23-11(2)17-13/h3-6,8H,7,9H2,1-2H3,(H,18,21). The van der Waals surface area contributed by atoms with Crippen molar-refractivity contribution in [2.45, 2.75) is 25.5 Å². The number of anilines is 1. The lowest BCUT2D eigenvalue weighted by molar-refractivity contribution is -0.113. The van der Waals surface area contributed by atoms with Crippen molar-refractivity contribution in [3.05, 3.63) is 51.8 Å². The van der Waals surface area contributed by atoms with E-state index in [9.17, 15) is 4.79 Å². The molecule has 124 valence electrons. The first-order chi connectivity index (χ1) is 11.6. The Kier molecular flexibility index (Phi) is 5.27. The summed E-state index contributed by atoms with van der Waals surface area (Å²) in [6.07, 6.45) is 0.507. The minimum Gasteiger partial charge on any atom is -0.416 e. The largest absolute Gasteiger partial charge is 0.416 e. The summed E-state index contributed by atoms with van der Waals surface area (Å²) in [4.78, 5) is 16.3. The van der Waals surface area contributed by atoms with Gasteiger partial charge in [-0.3, -0.25) is 4.79 Å². The number of benzene rings is 1. The fourth-order valence-electron chi connectivity index (χ4n) is 2.06. The van der Waals surface area contributed by atoms with E-state index in [-0.39, 0.29) is 11.7 Å². The van der Waals surface area contributed by atoms with Gasteiger partial charge in [-0.1, -0.05) is 23.9 Å². The van der Waals surface area contributed by atoms with E-state index >= 15 is 0 Å². The maximum Gasteiger partial charge on any atom is 0.277 e. The van der Waals surface area contributed by atoms with E-state index in [0.717, 1.165) is 22.0 Å². The number of aryl methyl sites for hydroxylation is 2. The summed E-state index contributed by atoms with van der Waals surface area (Å²) in [7, 11) is 0. The van der Waals surface area contributed by atoms with Crippen LogP contribution in [0.15, 0.2) is 39.3 Å². The van der Waals surface area contributed by atoms with Crippen LogP contribution < -0.4 is 5.32 Å². The third-order valence-electron chi connectivity index (χ3n) is 3.08. The van der Waals surface area contributed by atoms with E-state index in [0.29, 0.717) is 17.5 Å². The molecule has 1 amide bonds. The normalized spacial score (nSPS) is 10.8. The number of thiazole rings is 1. The molecule has 3 aromatic rings. The van der Waals surface area contributed by atoms with E-state index in [4.69, 9.17) is 4.42 Å². The second kappa shape index (κ2) is 7.59. The molecule has 0 fully saturated rings. The molecule has 1 N–H and O–H groups in total. The molecule has 24 heavy (non-hydrogen) atoms. The zero-order valence-corrected chi connectivity index (χ0v) is 14.9. The van der Waals surface area contributed by atoms with Crippen molar-refractivity contribution in [1.29, 1.82) is 0 Å². The van der Waals surface area contributed by atoms with Gasteiger partial charge in [0.15, 0.2) is 0 Å². The summed E-state index contributed by atoms with van der Waals surface area (Å²) in [5.74, 6) is 0.605. The molecule has 8 heteroatoms. The highest BCUT2D eigenvalue weighted by atomic mass is 32.2. The van der Waals surface area contributed by atoms with Gasteiger partial charge in [0.1, 0.15) is 0 Å². The predicted molar refractivity (Wildman–Crippen MR) is 94.5 cm³/mol. The Morgan fingerprint density at radius 3 is 2.96 bits per heavy atom. The van der Waals surface area contributed by atoms with Crippen LogP contribution in [-0.4, -0.2) is 26.8 Å².